The molecule has 4 nitrogen and oxygen atoms in total. The molecule has 2 amide bonds. The summed E-state index contributed by atoms with van der Waals surface area (Å²) in [6.45, 7) is 8.48. The lowest BCUT2D eigenvalue weighted by Crippen LogP contribution is -2.65. The Morgan fingerprint density at radius 1 is 1.25 bits per heavy atom. The second-order valence-corrected chi connectivity index (χ2v) is 7.17. The Labute approximate surface area is 122 Å². The highest BCUT2D eigenvalue weighted by Gasteiger charge is 2.42. The first kappa shape index (κ1) is 15.3. The van der Waals surface area contributed by atoms with Gasteiger partial charge in [-0.2, -0.15) is 0 Å². The smallest absolute Gasteiger partial charge is 0.246 e. The number of nitrogens with zero attached hydrogens (tertiary/aromatic N) is 1. The summed E-state index contributed by atoms with van der Waals surface area (Å²) in [4.78, 5) is 26.6. The first-order valence-corrected chi connectivity index (χ1v) is 7.98. The van der Waals surface area contributed by atoms with E-state index in [1.54, 1.807) is 0 Å². The molecule has 20 heavy (non-hydrogen) atoms. The average Bonchev–Trinajstić information content (AvgIpc) is 2.38. The lowest BCUT2D eigenvalue weighted by Gasteiger charge is -2.46. The molecule has 114 valence electrons. The molecule has 1 saturated carbocycles. The van der Waals surface area contributed by atoms with Crippen LogP contribution in [0.3, 0.4) is 0 Å². The number of carbonyl (C=O) groups is 2. The number of carbonyl (C=O) groups excluding carboxylic acids is 2. The fourth-order valence-electron chi connectivity index (χ4n) is 3.49. The van der Waals surface area contributed by atoms with Crippen LogP contribution in [-0.4, -0.2) is 34.8 Å². The van der Waals surface area contributed by atoms with E-state index < -0.39 is 0 Å². The highest BCUT2D eigenvalue weighted by atomic mass is 16.2. The van der Waals surface area contributed by atoms with Crippen molar-refractivity contribution in [1.82, 2.24) is 10.2 Å². The van der Waals surface area contributed by atoms with Gasteiger partial charge >= 0.3 is 0 Å². The second-order valence-electron chi connectivity index (χ2n) is 7.17. The van der Waals surface area contributed by atoms with Gasteiger partial charge < -0.3 is 10.2 Å². The van der Waals surface area contributed by atoms with Crippen molar-refractivity contribution in [3.05, 3.63) is 0 Å². The van der Waals surface area contributed by atoms with Crippen LogP contribution in [0.4, 0.5) is 0 Å². The van der Waals surface area contributed by atoms with Gasteiger partial charge in [-0.25, -0.2) is 0 Å². The van der Waals surface area contributed by atoms with Crippen LogP contribution in [-0.2, 0) is 9.59 Å². The van der Waals surface area contributed by atoms with Crippen LogP contribution in [0, 0.1) is 5.41 Å². The monoisotopic (exact) mass is 280 g/mol. The number of amides is 2. The van der Waals surface area contributed by atoms with Crippen molar-refractivity contribution in [2.75, 3.05) is 0 Å². The number of nitrogens with one attached hydrogen (secondary N) is 1. The third-order valence-corrected chi connectivity index (χ3v) is 4.95. The molecule has 2 fully saturated rings. The van der Waals surface area contributed by atoms with E-state index in [2.05, 4.69) is 19.2 Å². The Kier molecular flexibility index (Phi) is 4.40. The number of hydrogen-bond acceptors (Lipinski definition) is 2. The van der Waals surface area contributed by atoms with Crippen LogP contribution in [0.2, 0.25) is 0 Å². The predicted octanol–water partition coefficient (Wildman–Crippen LogP) is 2.47. The second kappa shape index (κ2) is 5.74. The highest BCUT2D eigenvalue weighted by molar-refractivity contribution is 5.96. The summed E-state index contributed by atoms with van der Waals surface area (Å²) < 4.78 is 0. The normalized spacial score (nSPS) is 31.3. The molecule has 0 bridgehead atoms. The van der Waals surface area contributed by atoms with E-state index in [1.807, 2.05) is 18.7 Å². The zero-order valence-electron chi connectivity index (χ0n) is 13.2. The van der Waals surface area contributed by atoms with E-state index in [9.17, 15) is 9.59 Å². The minimum atomic E-state index is -0.318. The molecular weight excluding hydrogens is 252 g/mol. The molecule has 0 aromatic carbocycles. The summed E-state index contributed by atoms with van der Waals surface area (Å²) in [5, 5.41) is 2.87. The molecule has 1 saturated heterocycles. The lowest BCUT2D eigenvalue weighted by molar-refractivity contribution is -0.152. The van der Waals surface area contributed by atoms with Crippen LogP contribution in [0.1, 0.15) is 66.2 Å². The van der Waals surface area contributed by atoms with Crippen molar-refractivity contribution in [2.45, 2.75) is 84.3 Å². The number of rotatable bonds is 3. The summed E-state index contributed by atoms with van der Waals surface area (Å²) in [7, 11) is 0. The first-order chi connectivity index (χ1) is 9.35. The van der Waals surface area contributed by atoms with E-state index in [0.29, 0.717) is 5.41 Å². The summed E-state index contributed by atoms with van der Waals surface area (Å²) >= 11 is 0. The van der Waals surface area contributed by atoms with Gasteiger partial charge in [-0.05, 0) is 44.4 Å². The molecule has 0 radical (unpaired) electrons. The third-order valence-electron chi connectivity index (χ3n) is 4.95. The molecule has 2 atom stereocenters. The number of hydrogen-bond donors (Lipinski definition) is 1. The fraction of sp³-hybridized carbons (Fsp3) is 0.875. The minimum Gasteiger partial charge on any atom is -0.343 e. The fourth-order valence-corrected chi connectivity index (χ4v) is 3.49. The SMILES string of the molecule is CCCC1NC(=O)C(C)N(C2CCC(C)(C)CC2)C1=O. The van der Waals surface area contributed by atoms with Crippen LogP contribution < -0.4 is 5.32 Å². The van der Waals surface area contributed by atoms with Crippen molar-refractivity contribution in [3.63, 3.8) is 0 Å². The largest absolute Gasteiger partial charge is 0.343 e. The molecule has 1 aliphatic heterocycles. The molecule has 4 heteroatoms. The molecule has 2 aliphatic rings. The van der Waals surface area contributed by atoms with Gasteiger partial charge in [0.05, 0.1) is 0 Å². The van der Waals surface area contributed by atoms with Crippen LogP contribution in [0.15, 0.2) is 0 Å². The van der Waals surface area contributed by atoms with Gasteiger partial charge in [0.15, 0.2) is 0 Å². The van der Waals surface area contributed by atoms with Gasteiger partial charge in [-0.3, -0.25) is 9.59 Å². The number of piperazine rings is 1. The van der Waals surface area contributed by atoms with Crippen LogP contribution >= 0.6 is 0 Å². The average molecular weight is 280 g/mol. The van der Waals surface area contributed by atoms with E-state index in [4.69, 9.17) is 0 Å². The maximum absolute atomic E-state index is 12.6. The van der Waals surface area contributed by atoms with Gasteiger partial charge in [0.2, 0.25) is 11.8 Å². The van der Waals surface area contributed by atoms with E-state index >= 15 is 0 Å². The van der Waals surface area contributed by atoms with Gasteiger partial charge in [-0.1, -0.05) is 27.2 Å². The molecule has 1 heterocycles. The van der Waals surface area contributed by atoms with Gasteiger partial charge in [-0.15, -0.1) is 0 Å². The molecule has 1 aliphatic carbocycles. The lowest BCUT2D eigenvalue weighted by atomic mass is 9.75. The molecule has 0 aromatic rings. The standard InChI is InChI=1S/C16H28N2O2/c1-5-6-13-15(20)18(11(2)14(19)17-13)12-7-9-16(3,4)10-8-12/h11-13H,5-10H2,1-4H3,(H,17,19). The van der Waals surface area contributed by atoms with Crippen LogP contribution in [0.25, 0.3) is 0 Å². The Bertz CT molecular complexity index is 382. The van der Waals surface area contributed by atoms with Crippen LogP contribution in [0.5, 0.6) is 0 Å². The molecular formula is C16H28N2O2. The molecule has 2 unspecified atom stereocenters. The Balaban J connectivity index is 2.11. The molecule has 0 aromatic heterocycles. The van der Waals surface area contributed by atoms with Gasteiger partial charge in [0, 0.05) is 6.04 Å². The third kappa shape index (κ3) is 2.99. The summed E-state index contributed by atoms with van der Waals surface area (Å²) in [6, 6.07) is -0.378. The zero-order chi connectivity index (χ0) is 14.9. The summed E-state index contributed by atoms with van der Waals surface area (Å²) in [5.74, 6) is 0.136. The first-order valence-electron chi connectivity index (χ1n) is 7.98. The highest BCUT2D eigenvalue weighted by Crippen LogP contribution is 2.38. The van der Waals surface area contributed by atoms with E-state index in [0.717, 1.165) is 38.5 Å². The molecule has 2 rings (SSSR count). The van der Waals surface area contributed by atoms with Gasteiger partial charge in [0.25, 0.3) is 0 Å². The topological polar surface area (TPSA) is 49.4 Å². The maximum atomic E-state index is 12.6. The van der Waals surface area contributed by atoms with Crippen molar-refractivity contribution >= 4 is 11.8 Å². The Morgan fingerprint density at radius 3 is 2.40 bits per heavy atom. The zero-order valence-corrected chi connectivity index (χ0v) is 13.2. The van der Waals surface area contributed by atoms with Crippen molar-refractivity contribution in [3.8, 4) is 0 Å². The quantitative estimate of drug-likeness (QED) is 0.863. The Morgan fingerprint density at radius 2 is 1.85 bits per heavy atom. The van der Waals surface area contributed by atoms with Crippen molar-refractivity contribution < 1.29 is 9.59 Å². The van der Waals surface area contributed by atoms with Crippen molar-refractivity contribution in [1.29, 1.82) is 0 Å². The van der Waals surface area contributed by atoms with Crippen molar-refractivity contribution in [2.24, 2.45) is 5.41 Å². The minimum absolute atomic E-state index is 0.00730. The molecule has 0 spiro atoms. The van der Waals surface area contributed by atoms with E-state index in [1.165, 1.54) is 0 Å². The predicted molar refractivity (Wildman–Crippen MR) is 79.2 cm³/mol. The molecule has 1 N–H and O–H groups in total. The van der Waals surface area contributed by atoms with Gasteiger partial charge in [0.1, 0.15) is 12.1 Å². The summed E-state index contributed by atoms with van der Waals surface area (Å²) in [5.41, 5.74) is 0.379. The maximum Gasteiger partial charge on any atom is 0.246 e. The summed E-state index contributed by atoms with van der Waals surface area (Å²) in [6.07, 6.45) is 5.97. The Hall–Kier alpha value is -1.06. The van der Waals surface area contributed by atoms with E-state index in [-0.39, 0.29) is 29.9 Å².